The Kier molecular flexibility index (Phi) is 12.5. The summed E-state index contributed by atoms with van der Waals surface area (Å²) in [5, 5.41) is 15.8. The van der Waals surface area contributed by atoms with E-state index in [2.05, 4.69) is 15.4 Å². The van der Waals surface area contributed by atoms with Gasteiger partial charge in [-0.1, -0.05) is 37.3 Å². The minimum absolute atomic E-state index is 0. The third-order valence-electron chi connectivity index (χ3n) is 3.72. The monoisotopic (exact) mass is 403 g/mol. The zero-order valence-electron chi connectivity index (χ0n) is 16.8. The van der Waals surface area contributed by atoms with Crippen LogP contribution in [0.15, 0.2) is 48.7 Å². The van der Waals surface area contributed by atoms with E-state index in [-0.39, 0.29) is 61.7 Å². The van der Waals surface area contributed by atoms with E-state index < -0.39 is 25.4 Å². The van der Waals surface area contributed by atoms with Gasteiger partial charge in [0.2, 0.25) is 5.91 Å². The van der Waals surface area contributed by atoms with Crippen LogP contribution in [-0.4, -0.2) is 29.1 Å². The first kappa shape index (κ1) is 27.7. The van der Waals surface area contributed by atoms with Crippen molar-refractivity contribution in [1.29, 1.82) is 0 Å². The molecule has 29 heavy (non-hydrogen) atoms. The summed E-state index contributed by atoms with van der Waals surface area (Å²) >= 11 is 0. The smallest absolute Gasteiger partial charge is 0.788 e. The molecule has 2 aromatic rings. The molecule has 1 amide bonds. The average molecular weight is 403 g/mol. The van der Waals surface area contributed by atoms with Crippen LogP contribution in [0.1, 0.15) is 29.3 Å². The molecule has 2 N–H and O–H groups in total. The predicted octanol–water partition coefficient (Wildman–Crippen LogP) is -5.44. The van der Waals surface area contributed by atoms with Crippen LogP contribution in [0.4, 0.5) is 5.82 Å². The molecule has 0 aliphatic carbocycles. The van der Waals surface area contributed by atoms with Gasteiger partial charge in [0, 0.05) is 17.9 Å². The molecule has 0 radical (unpaired) electrons. The van der Waals surface area contributed by atoms with Crippen molar-refractivity contribution in [3.8, 4) is 0 Å². The first-order chi connectivity index (χ1) is 12.8. The Balaban J connectivity index is 0.00000392. The Bertz CT molecular complexity index is 854. The van der Waals surface area contributed by atoms with Crippen LogP contribution in [-0.2, 0) is 15.8 Å². The molecule has 2 atom stereocenters. The minimum atomic E-state index is -3.95. The second-order valence-electron chi connectivity index (χ2n) is 5.97. The molecule has 1 heterocycles. The quantitative estimate of drug-likeness (QED) is 0.315. The van der Waals surface area contributed by atoms with Crippen LogP contribution in [0.5, 0.6) is 0 Å². The summed E-state index contributed by atoms with van der Waals surface area (Å²) in [5.74, 6) is -2.04. The van der Waals surface area contributed by atoms with Crippen molar-refractivity contribution in [2.24, 2.45) is 0 Å². The first-order valence-corrected chi connectivity index (χ1v) is 10.2. The summed E-state index contributed by atoms with van der Waals surface area (Å²) in [6.45, 7) is 1.73. The molecular weight excluding hydrogens is 383 g/mol. The number of nitrogens with one attached hydrogen (secondary N) is 2. The topological polar surface area (TPSA) is 134 Å². The zero-order valence-corrected chi connectivity index (χ0v) is 17.6. The van der Waals surface area contributed by atoms with Gasteiger partial charge in [0.15, 0.2) is 0 Å². The molecule has 1 aromatic heterocycles. The maximum absolute atomic E-state index is 12.6. The summed E-state index contributed by atoms with van der Waals surface area (Å²) in [7, 11) is -3.95. The van der Waals surface area contributed by atoms with E-state index in [0.29, 0.717) is 6.42 Å². The number of rotatable bonds is 9. The van der Waals surface area contributed by atoms with E-state index in [0.717, 1.165) is 11.6 Å². The molecule has 8 nitrogen and oxygen atoms in total. The standard InChI is InChI=1S/C18H22N3O5P.2Li/c1-2-10-27(25,26)21-15(11-13-6-4-3-5-7-13)17(22)20-16-12-14(18(23)24)8-9-19-16;;/h3-9,12,15H,2,10-11H2,1H3,(H,23,24)(H,19,20,22)(H2,21,25,26);;/q;2*+1/p-2. The molecule has 1 aromatic carbocycles. The number of carbonyl (C=O) groups excluding carboxylic acids is 2. The van der Waals surface area contributed by atoms with Crippen molar-refractivity contribution in [1.82, 2.24) is 10.1 Å². The zero-order chi connectivity index (χ0) is 19.9. The summed E-state index contributed by atoms with van der Waals surface area (Å²) < 4.78 is 12.2. The Labute approximate surface area is 193 Å². The molecule has 0 aliphatic rings. The molecule has 2 rings (SSSR count). The van der Waals surface area contributed by atoms with E-state index in [1.54, 1.807) is 31.2 Å². The summed E-state index contributed by atoms with van der Waals surface area (Å²) in [4.78, 5) is 39.6. The van der Waals surface area contributed by atoms with Crippen LogP contribution in [0.2, 0.25) is 0 Å². The number of nitrogens with zero attached hydrogens (tertiary/aromatic N) is 1. The van der Waals surface area contributed by atoms with Gasteiger partial charge in [-0.2, -0.15) is 0 Å². The number of anilines is 1. The number of aromatic nitrogens is 1. The number of pyridine rings is 1. The Morgan fingerprint density at radius 2 is 1.83 bits per heavy atom. The van der Waals surface area contributed by atoms with Gasteiger partial charge in [-0.3, -0.25) is 9.88 Å². The van der Waals surface area contributed by atoms with Gasteiger partial charge in [0.05, 0.1) is 19.5 Å². The Morgan fingerprint density at radius 3 is 2.41 bits per heavy atom. The van der Waals surface area contributed by atoms with Crippen LogP contribution >= 0.6 is 7.52 Å². The molecule has 0 aliphatic heterocycles. The van der Waals surface area contributed by atoms with Gasteiger partial charge in [0.25, 0.3) is 0 Å². The number of carboxylic acid groups (broad SMARTS) is 1. The van der Waals surface area contributed by atoms with Crippen molar-refractivity contribution in [2.45, 2.75) is 25.8 Å². The molecule has 0 fully saturated rings. The molecule has 11 heteroatoms. The number of hydrogen-bond donors (Lipinski definition) is 2. The summed E-state index contributed by atoms with van der Waals surface area (Å²) in [6.07, 6.45) is 1.70. The first-order valence-electron chi connectivity index (χ1n) is 8.41. The normalized spacial score (nSPS) is 13.2. The predicted molar refractivity (Wildman–Crippen MR) is 97.0 cm³/mol. The maximum Gasteiger partial charge on any atom is 1.00 e. The number of hydrogen-bond acceptors (Lipinski definition) is 6. The molecule has 2 unspecified atom stereocenters. The van der Waals surface area contributed by atoms with E-state index in [4.69, 9.17) is 0 Å². The van der Waals surface area contributed by atoms with Crippen LogP contribution < -0.4 is 58.1 Å². The summed E-state index contributed by atoms with van der Waals surface area (Å²) in [6, 6.07) is 10.3. The largest absolute Gasteiger partial charge is 1.00 e. The fourth-order valence-electron chi connectivity index (χ4n) is 2.48. The second kappa shape index (κ2) is 13.1. The van der Waals surface area contributed by atoms with E-state index in [9.17, 15) is 24.2 Å². The fourth-order valence-corrected chi connectivity index (χ4v) is 3.88. The molecule has 0 saturated carbocycles. The van der Waals surface area contributed by atoms with Gasteiger partial charge >= 0.3 is 37.7 Å². The minimum Gasteiger partial charge on any atom is -0.788 e. The second-order valence-corrected chi connectivity index (χ2v) is 8.03. The van der Waals surface area contributed by atoms with Crippen molar-refractivity contribution in [3.05, 3.63) is 59.8 Å². The Morgan fingerprint density at radius 1 is 1.17 bits per heavy atom. The number of amides is 1. The van der Waals surface area contributed by atoms with Gasteiger partial charge in [0.1, 0.15) is 5.82 Å². The van der Waals surface area contributed by atoms with Gasteiger partial charge in [-0.25, -0.2) is 4.98 Å². The molecular formula is C18H20Li2N3O5P. The van der Waals surface area contributed by atoms with Crippen LogP contribution in [0.25, 0.3) is 0 Å². The van der Waals surface area contributed by atoms with Gasteiger partial charge in [-0.05, 0) is 30.5 Å². The van der Waals surface area contributed by atoms with E-state index in [1.807, 2.05) is 6.07 Å². The summed E-state index contributed by atoms with van der Waals surface area (Å²) in [5.41, 5.74) is 0.631. The van der Waals surface area contributed by atoms with Crippen molar-refractivity contribution in [2.75, 3.05) is 11.5 Å². The van der Waals surface area contributed by atoms with Crippen LogP contribution in [0.3, 0.4) is 0 Å². The number of benzene rings is 1. The molecule has 144 valence electrons. The number of carbonyl (C=O) groups is 2. The van der Waals surface area contributed by atoms with E-state index in [1.165, 1.54) is 12.3 Å². The molecule has 0 spiro atoms. The third-order valence-corrected chi connectivity index (χ3v) is 5.46. The van der Waals surface area contributed by atoms with Crippen molar-refractivity contribution in [3.63, 3.8) is 0 Å². The third kappa shape index (κ3) is 9.34. The average Bonchev–Trinajstić information content (AvgIpc) is 2.62. The number of aromatic carboxylic acids is 1. The maximum atomic E-state index is 12.6. The van der Waals surface area contributed by atoms with Crippen LogP contribution in [0, 0.1) is 0 Å². The fraction of sp³-hybridized carbons (Fsp3) is 0.278. The molecule has 0 bridgehead atoms. The van der Waals surface area contributed by atoms with Crippen molar-refractivity contribution >= 4 is 25.2 Å². The van der Waals surface area contributed by atoms with E-state index >= 15 is 0 Å². The van der Waals surface area contributed by atoms with Gasteiger partial charge < -0.3 is 24.7 Å². The van der Waals surface area contributed by atoms with Gasteiger partial charge in [-0.15, -0.1) is 0 Å². The Hall–Kier alpha value is -1.35. The molecule has 0 saturated heterocycles. The number of carboxylic acids is 1. The SMILES string of the molecule is CCCP(=O)([O-])NC(Cc1ccccc1)C(=O)Nc1cc(C(=O)[O-])ccn1.[Li+].[Li+]. The van der Waals surface area contributed by atoms with Crippen molar-refractivity contribution < 1.29 is 61.9 Å².